The lowest BCUT2D eigenvalue weighted by atomic mass is 10.1. The van der Waals surface area contributed by atoms with Crippen LogP contribution >= 0.6 is 0 Å². The van der Waals surface area contributed by atoms with Crippen LogP contribution in [0.25, 0.3) is 0 Å². The van der Waals surface area contributed by atoms with Crippen molar-refractivity contribution in [1.82, 2.24) is 10.2 Å². The summed E-state index contributed by atoms with van der Waals surface area (Å²) in [5, 5.41) is 2.55. The molecule has 1 atom stereocenters. The first-order valence-corrected chi connectivity index (χ1v) is 7.09. The fourth-order valence-electron chi connectivity index (χ4n) is 3.05. The van der Waals surface area contributed by atoms with Gasteiger partial charge in [0.15, 0.2) is 0 Å². The lowest BCUT2D eigenvalue weighted by molar-refractivity contribution is -0.125. The van der Waals surface area contributed by atoms with E-state index in [0.717, 1.165) is 19.4 Å². The Labute approximate surface area is 118 Å². The van der Waals surface area contributed by atoms with E-state index < -0.39 is 0 Å². The molecule has 2 heterocycles. The average Bonchev–Trinajstić information content (AvgIpc) is 2.92. The highest BCUT2D eigenvalue weighted by atomic mass is 16.2. The first-order valence-electron chi connectivity index (χ1n) is 7.09. The van der Waals surface area contributed by atoms with Crippen LogP contribution in [0.5, 0.6) is 0 Å². The summed E-state index contributed by atoms with van der Waals surface area (Å²) in [6.45, 7) is 3.72. The molecular weight excluding hydrogens is 254 g/mol. The minimum absolute atomic E-state index is 0.120. The molecule has 3 rings (SSSR count). The summed E-state index contributed by atoms with van der Waals surface area (Å²) in [7, 11) is 0. The van der Waals surface area contributed by atoms with Crippen LogP contribution in [0.4, 0.5) is 10.5 Å². The van der Waals surface area contributed by atoms with Crippen LogP contribution in [-0.4, -0.2) is 42.5 Å². The molecule has 2 aliphatic rings. The fourth-order valence-corrected chi connectivity index (χ4v) is 3.05. The number of urea groups is 1. The number of rotatable bonds is 4. The molecular formula is C15H19N3O2. The minimum Gasteiger partial charge on any atom is -0.368 e. The number of carbonyl (C=O) groups is 2. The van der Waals surface area contributed by atoms with Crippen LogP contribution < -0.4 is 10.2 Å². The van der Waals surface area contributed by atoms with Gasteiger partial charge in [-0.1, -0.05) is 18.2 Å². The molecule has 5 heteroatoms. The standard InChI is InChI=1S/C15H19N3O2/c1-11-9-12-5-2-3-6-13(12)17(11)7-4-8-18-14(19)10-16-15(18)20/h2-3,5-6,11H,4,7-10H2,1H3,(H,16,20)/t11-/m0/s1. The summed E-state index contributed by atoms with van der Waals surface area (Å²) in [6.07, 6.45) is 1.87. The number of fused-ring (bicyclic) bond motifs is 1. The summed E-state index contributed by atoms with van der Waals surface area (Å²) in [6, 6.07) is 8.67. The number of para-hydroxylation sites is 1. The Morgan fingerprint density at radius 1 is 1.25 bits per heavy atom. The molecule has 5 nitrogen and oxygen atoms in total. The maximum atomic E-state index is 11.5. The van der Waals surface area contributed by atoms with Crippen molar-refractivity contribution in [3.05, 3.63) is 29.8 Å². The highest BCUT2D eigenvalue weighted by Crippen LogP contribution is 2.31. The quantitative estimate of drug-likeness (QED) is 0.843. The first kappa shape index (κ1) is 13.0. The van der Waals surface area contributed by atoms with E-state index in [1.54, 1.807) is 0 Å². The van der Waals surface area contributed by atoms with Gasteiger partial charge >= 0.3 is 6.03 Å². The van der Waals surface area contributed by atoms with Gasteiger partial charge in [0.05, 0.1) is 6.54 Å². The molecule has 106 valence electrons. The maximum absolute atomic E-state index is 11.5. The van der Waals surface area contributed by atoms with Crippen LogP contribution in [0.15, 0.2) is 24.3 Å². The number of imide groups is 1. The smallest absolute Gasteiger partial charge is 0.324 e. The Morgan fingerprint density at radius 2 is 2.05 bits per heavy atom. The van der Waals surface area contributed by atoms with Crippen molar-refractivity contribution in [3.63, 3.8) is 0 Å². The van der Waals surface area contributed by atoms with Gasteiger partial charge in [0.1, 0.15) is 0 Å². The third-order valence-corrected chi connectivity index (χ3v) is 4.07. The van der Waals surface area contributed by atoms with E-state index in [4.69, 9.17) is 0 Å². The van der Waals surface area contributed by atoms with E-state index in [2.05, 4.69) is 41.4 Å². The van der Waals surface area contributed by atoms with E-state index in [1.807, 2.05) is 0 Å². The minimum atomic E-state index is -0.259. The van der Waals surface area contributed by atoms with Gasteiger partial charge in [-0.15, -0.1) is 0 Å². The molecule has 0 aliphatic carbocycles. The molecule has 3 amide bonds. The zero-order valence-corrected chi connectivity index (χ0v) is 11.6. The molecule has 0 bridgehead atoms. The lowest BCUT2D eigenvalue weighted by Crippen LogP contribution is -2.36. The summed E-state index contributed by atoms with van der Waals surface area (Å²) >= 11 is 0. The van der Waals surface area contributed by atoms with E-state index in [0.29, 0.717) is 12.6 Å². The van der Waals surface area contributed by atoms with Gasteiger partial charge in [-0.3, -0.25) is 9.69 Å². The van der Waals surface area contributed by atoms with Gasteiger partial charge < -0.3 is 10.2 Å². The molecule has 0 spiro atoms. The van der Waals surface area contributed by atoms with E-state index in [9.17, 15) is 9.59 Å². The van der Waals surface area contributed by atoms with Gasteiger partial charge in [-0.25, -0.2) is 4.79 Å². The van der Waals surface area contributed by atoms with E-state index in [1.165, 1.54) is 16.2 Å². The zero-order chi connectivity index (χ0) is 14.1. The second kappa shape index (κ2) is 5.15. The van der Waals surface area contributed by atoms with Gasteiger partial charge in [-0.05, 0) is 31.4 Å². The highest BCUT2D eigenvalue weighted by molar-refractivity contribution is 6.01. The topological polar surface area (TPSA) is 52.6 Å². The van der Waals surface area contributed by atoms with Crippen molar-refractivity contribution in [2.24, 2.45) is 0 Å². The van der Waals surface area contributed by atoms with E-state index in [-0.39, 0.29) is 18.5 Å². The van der Waals surface area contributed by atoms with Gasteiger partial charge in [0.25, 0.3) is 0 Å². The van der Waals surface area contributed by atoms with Crippen molar-refractivity contribution in [2.75, 3.05) is 24.5 Å². The molecule has 2 aliphatic heterocycles. The highest BCUT2D eigenvalue weighted by Gasteiger charge is 2.29. The van der Waals surface area contributed by atoms with E-state index >= 15 is 0 Å². The first-order chi connectivity index (χ1) is 9.66. The Hall–Kier alpha value is -2.04. The third kappa shape index (κ3) is 2.24. The number of carbonyl (C=O) groups excluding carboxylic acids is 2. The van der Waals surface area contributed by atoms with Crippen molar-refractivity contribution in [3.8, 4) is 0 Å². The number of nitrogens with one attached hydrogen (secondary N) is 1. The maximum Gasteiger partial charge on any atom is 0.324 e. The number of anilines is 1. The fraction of sp³-hybridized carbons (Fsp3) is 0.467. The molecule has 0 unspecified atom stereocenters. The predicted octanol–water partition coefficient (Wildman–Crippen LogP) is 1.38. The summed E-state index contributed by atoms with van der Waals surface area (Å²) < 4.78 is 0. The predicted molar refractivity (Wildman–Crippen MR) is 76.7 cm³/mol. The Morgan fingerprint density at radius 3 is 2.80 bits per heavy atom. The SMILES string of the molecule is C[C@H]1Cc2ccccc2N1CCCN1C(=O)CNC1=O. The summed E-state index contributed by atoms with van der Waals surface area (Å²) in [4.78, 5) is 26.6. The van der Waals surface area contributed by atoms with Crippen LogP contribution in [0.3, 0.4) is 0 Å². The van der Waals surface area contributed by atoms with Crippen LogP contribution in [0.2, 0.25) is 0 Å². The number of benzene rings is 1. The molecule has 1 saturated heterocycles. The van der Waals surface area contributed by atoms with Crippen molar-refractivity contribution >= 4 is 17.6 Å². The molecule has 1 aromatic carbocycles. The Bertz CT molecular complexity index is 528. The van der Waals surface area contributed by atoms with Crippen molar-refractivity contribution < 1.29 is 9.59 Å². The van der Waals surface area contributed by atoms with Crippen LogP contribution in [-0.2, 0) is 11.2 Å². The molecule has 1 aromatic rings. The van der Waals surface area contributed by atoms with Gasteiger partial charge in [0.2, 0.25) is 5.91 Å². The number of amides is 3. The second-order valence-corrected chi connectivity index (χ2v) is 5.43. The third-order valence-electron chi connectivity index (χ3n) is 4.07. The Balaban J connectivity index is 1.59. The zero-order valence-electron chi connectivity index (χ0n) is 11.6. The van der Waals surface area contributed by atoms with Gasteiger partial charge in [0, 0.05) is 24.8 Å². The summed E-state index contributed by atoms with van der Waals surface area (Å²) in [5.41, 5.74) is 2.67. The molecule has 1 fully saturated rings. The summed E-state index contributed by atoms with van der Waals surface area (Å²) in [5.74, 6) is -0.120. The van der Waals surface area contributed by atoms with Crippen molar-refractivity contribution in [2.45, 2.75) is 25.8 Å². The normalized spacial score (nSPS) is 21.4. The number of hydrogen-bond donors (Lipinski definition) is 1. The molecule has 0 saturated carbocycles. The number of nitrogens with zero attached hydrogens (tertiary/aromatic N) is 2. The van der Waals surface area contributed by atoms with Crippen LogP contribution in [0.1, 0.15) is 18.9 Å². The van der Waals surface area contributed by atoms with Crippen LogP contribution in [0, 0.1) is 0 Å². The van der Waals surface area contributed by atoms with Crippen molar-refractivity contribution in [1.29, 1.82) is 0 Å². The van der Waals surface area contributed by atoms with Gasteiger partial charge in [-0.2, -0.15) is 0 Å². The largest absolute Gasteiger partial charge is 0.368 e. The molecule has 20 heavy (non-hydrogen) atoms. The molecule has 1 N–H and O–H groups in total. The monoisotopic (exact) mass is 273 g/mol. The second-order valence-electron chi connectivity index (χ2n) is 5.43. The molecule has 0 aromatic heterocycles. The Kier molecular flexibility index (Phi) is 3.34. The lowest BCUT2D eigenvalue weighted by Gasteiger charge is -2.25. The molecule has 0 radical (unpaired) electrons. The number of hydrogen-bond acceptors (Lipinski definition) is 3. The average molecular weight is 273 g/mol.